The molecule has 0 fully saturated rings. The largest absolute Gasteiger partial charge is 0.267 e. The van der Waals surface area contributed by atoms with Crippen LogP contribution in [0.1, 0.15) is 17.7 Å². The molecule has 1 rings (SSSR count). The molecule has 1 heterocycles. The Morgan fingerprint density at radius 1 is 1.46 bits per heavy atom. The first kappa shape index (κ1) is 11.0. The molecule has 72 valence electrons. The average Bonchev–Trinajstić information content (AvgIpc) is 2.04. The number of halogens is 5. The lowest BCUT2D eigenvalue weighted by molar-refractivity contribution is 0.145. The van der Waals surface area contributed by atoms with Gasteiger partial charge in [0.15, 0.2) is 5.82 Å². The third-order valence-corrected chi connectivity index (χ3v) is 2.84. The third-order valence-electron chi connectivity index (χ3n) is 1.43. The minimum absolute atomic E-state index is 0.0272. The number of aromatic nitrogens is 1. The molecule has 0 saturated carbocycles. The number of rotatable bonds is 2. The van der Waals surface area contributed by atoms with Gasteiger partial charge in [0.1, 0.15) is 0 Å². The Morgan fingerprint density at radius 3 is 2.54 bits per heavy atom. The second kappa shape index (κ2) is 4.41. The third kappa shape index (κ3) is 2.22. The first-order valence-corrected chi connectivity index (χ1v) is 5.16. The predicted octanol–water partition coefficient (Wildman–Crippen LogP) is 3.82. The van der Waals surface area contributed by atoms with E-state index < -0.39 is 17.8 Å². The Bertz CT molecular complexity index is 317. The van der Waals surface area contributed by atoms with Gasteiger partial charge < -0.3 is 0 Å². The molecule has 1 aromatic rings. The quantitative estimate of drug-likeness (QED) is 0.756. The van der Waals surface area contributed by atoms with Gasteiger partial charge in [0.25, 0.3) is 6.43 Å². The van der Waals surface area contributed by atoms with Gasteiger partial charge in [0.05, 0.1) is 21.9 Å². The van der Waals surface area contributed by atoms with Crippen LogP contribution >= 0.6 is 31.9 Å². The molecule has 0 atom stereocenters. The lowest BCUT2D eigenvalue weighted by Crippen LogP contribution is -1.98. The van der Waals surface area contributed by atoms with E-state index in [1.165, 1.54) is 0 Å². The highest BCUT2D eigenvalue weighted by Gasteiger charge is 2.20. The molecular formula is C7H4Br2F3N. The molecule has 0 saturated heterocycles. The van der Waals surface area contributed by atoms with Crippen LogP contribution in [0.2, 0.25) is 0 Å². The molecule has 13 heavy (non-hydrogen) atoms. The summed E-state index contributed by atoms with van der Waals surface area (Å²) in [5, 5.41) is 0.299. The molecule has 6 heteroatoms. The van der Waals surface area contributed by atoms with Crippen LogP contribution in [-0.4, -0.2) is 4.98 Å². The van der Waals surface area contributed by atoms with E-state index in [2.05, 4.69) is 36.8 Å². The van der Waals surface area contributed by atoms with Crippen molar-refractivity contribution in [2.45, 2.75) is 11.8 Å². The minimum Gasteiger partial charge on any atom is -0.256 e. The molecule has 1 aromatic heterocycles. The molecule has 0 unspecified atom stereocenters. The van der Waals surface area contributed by atoms with Gasteiger partial charge >= 0.3 is 0 Å². The molecule has 0 aromatic carbocycles. The smallest absolute Gasteiger partial charge is 0.256 e. The van der Waals surface area contributed by atoms with E-state index in [-0.39, 0.29) is 4.47 Å². The van der Waals surface area contributed by atoms with Crippen LogP contribution in [0.4, 0.5) is 13.2 Å². The van der Waals surface area contributed by atoms with Gasteiger partial charge in [-0.1, -0.05) is 15.9 Å². The number of alkyl halides is 3. The van der Waals surface area contributed by atoms with Crippen LogP contribution in [0.15, 0.2) is 10.7 Å². The van der Waals surface area contributed by atoms with Crippen molar-refractivity contribution >= 4 is 31.9 Å². The fourth-order valence-corrected chi connectivity index (χ4v) is 2.22. The van der Waals surface area contributed by atoms with Gasteiger partial charge in [-0.2, -0.15) is 0 Å². The van der Waals surface area contributed by atoms with Crippen molar-refractivity contribution in [3.05, 3.63) is 27.7 Å². The summed E-state index contributed by atoms with van der Waals surface area (Å²) in [7, 11) is 0. The van der Waals surface area contributed by atoms with Crippen molar-refractivity contribution in [1.29, 1.82) is 0 Å². The SMILES string of the molecule is Fc1cnc(CBr)c(Br)c1C(F)F. The lowest BCUT2D eigenvalue weighted by Gasteiger charge is -2.07. The van der Waals surface area contributed by atoms with Crippen LogP contribution in [0, 0.1) is 5.82 Å². The summed E-state index contributed by atoms with van der Waals surface area (Å²) in [6.07, 6.45) is -2.04. The average molecular weight is 319 g/mol. The van der Waals surface area contributed by atoms with E-state index >= 15 is 0 Å². The number of hydrogen-bond donors (Lipinski definition) is 0. The first-order valence-electron chi connectivity index (χ1n) is 3.24. The van der Waals surface area contributed by atoms with E-state index in [0.29, 0.717) is 11.0 Å². The zero-order valence-electron chi connectivity index (χ0n) is 6.20. The molecule has 0 bridgehead atoms. The Morgan fingerprint density at radius 2 is 2.08 bits per heavy atom. The molecule has 0 radical (unpaired) electrons. The molecular weight excluding hydrogens is 315 g/mol. The van der Waals surface area contributed by atoms with Crippen molar-refractivity contribution in [3.63, 3.8) is 0 Å². The number of pyridine rings is 1. The summed E-state index contributed by atoms with van der Waals surface area (Å²) in [6, 6.07) is 0. The maximum absolute atomic E-state index is 12.8. The van der Waals surface area contributed by atoms with Crippen LogP contribution < -0.4 is 0 Å². The number of hydrogen-bond acceptors (Lipinski definition) is 1. The second-order valence-corrected chi connectivity index (χ2v) is 3.57. The molecule has 0 aliphatic heterocycles. The lowest BCUT2D eigenvalue weighted by atomic mass is 10.2. The minimum atomic E-state index is -2.84. The zero-order chi connectivity index (χ0) is 10.0. The Labute approximate surface area is 89.6 Å². The monoisotopic (exact) mass is 317 g/mol. The summed E-state index contributed by atoms with van der Waals surface area (Å²) in [5.74, 6) is -0.994. The normalized spacial score (nSPS) is 10.9. The van der Waals surface area contributed by atoms with Crippen molar-refractivity contribution < 1.29 is 13.2 Å². The fourth-order valence-electron chi connectivity index (χ4n) is 0.814. The maximum atomic E-state index is 12.8. The van der Waals surface area contributed by atoms with E-state index in [0.717, 1.165) is 6.20 Å². The summed E-state index contributed by atoms with van der Waals surface area (Å²) >= 11 is 5.94. The van der Waals surface area contributed by atoms with Crippen molar-refractivity contribution in [1.82, 2.24) is 4.98 Å². The molecule has 1 nitrogen and oxygen atoms in total. The highest BCUT2D eigenvalue weighted by atomic mass is 79.9. The summed E-state index contributed by atoms with van der Waals surface area (Å²) in [6.45, 7) is 0. The molecule has 0 aliphatic rings. The van der Waals surface area contributed by atoms with Gasteiger partial charge in [-0.3, -0.25) is 4.98 Å². The van der Waals surface area contributed by atoms with Gasteiger partial charge in [-0.15, -0.1) is 0 Å². The molecule has 0 N–H and O–H groups in total. The van der Waals surface area contributed by atoms with E-state index in [4.69, 9.17) is 0 Å². The summed E-state index contributed by atoms with van der Waals surface area (Å²) in [4.78, 5) is 3.64. The van der Waals surface area contributed by atoms with E-state index in [1.807, 2.05) is 0 Å². The second-order valence-electron chi connectivity index (χ2n) is 2.21. The highest BCUT2D eigenvalue weighted by molar-refractivity contribution is 9.10. The summed E-state index contributed by atoms with van der Waals surface area (Å²) < 4.78 is 37.4. The van der Waals surface area contributed by atoms with E-state index in [1.54, 1.807) is 0 Å². The summed E-state index contributed by atoms with van der Waals surface area (Å²) in [5.41, 5.74) is -0.277. The topological polar surface area (TPSA) is 12.9 Å². The maximum Gasteiger partial charge on any atom is 0.267 e. The molecule has 0 spiro atoms. The van der Waals surface area contributed by atoms with Crippen molar-refractivity contribution in [2.75, 3.05) is 0 Å². The first-order chi connectivity index (χ1) is 6.07. The van der Waals surface area contributed by atoms with E-state index in [9.17, 15) is 13.2 Å². The molecule has 0 amide bonds. The van der Waals surface area contributed by atoms with Gasteiger partial charge in [0.2, 0.25) is 0 Å². The van der Waals surface area contributed by atoms with Crippen molar-refractivity contribution in [3.8, 4) is 0 Å². The highest BCUT2D eigenvalue weighted by Crippen LogP contribution is 2.31. The predicted molar refractivity (Wildman–Crippen MR) is 49.5 cm³/mol. The zero-order valence-corrected chi connectivity index (χ0v) is 9.37. The fraction of sp³-hybridized carbons (Fsp3) is 0.286. The van der Waals surface area contributed by atoms with Crippen LogP contribution in [-0.2, 0) is 5.33 Å². The standard InChI is InChI=1S/C7H4Br2F3N/c8-1-4-6(9)5(7(11)12)3(10)2-13-4/h2,7H,1H2. The Kier molecular flexibility index (Phi) is 3.73. The van der Waals surface area contributed by atoms with Crippen LogP contribution in [0.3, 0.4) is 0 Å². The van der Waals surface area contributed by atoms with Gasteiger partial charge in [0, 0.05) is 5.33 Å². The van der Waals surface area contributed by atoms with Crippen LogP contribution in [0.5, 0.6) is 0 Å². The number of nitrogens with zero attached hydrogens (tertiary/aromatic N) is 1. The van der Waals surface area contributed by atoms with Gasteiger partial charge in [-0.05, 0) is 15.9 Å². The Balaban J connectivity index is 3.30. The molecule has 0 aliphatic carbocycles. The van der Waals surface area contributed by atoms with Crippen LogP contribution in [0.25, 0.3) is 0 Å². The van der Waals surface area contributed by atoms with Crippen molar-refractivity contribution in [2.24, 2.45) is 0 Å². The van der Waals surface area contributed by atoms with Gasteiger partial charge in [-0.25, -0.2) is 13.2 Å². The Hall–Kier alpha value is -0.100.